The molecule has 0 heterocycles. The molecule has 4 heteroatoms. The normalized spacial score (nSPS) is 10.5. The summed E-state index contributed by atoms with van der Waals surface area (Å²) in [6.45, 7) is 1.44. The maximum atomic E-state index is 6.13. The third-order valence-electron chi connectivity index (χ3n) is 3.45. The van der Waals surface area contributed by atoms with Crippen LogP contribution >= 0.6 is 11.6 Å². The Morgan fingerprint density at radius 3 is 2.48 bits per heavy atom. The van der Waals surface area contributed by atoms with Crippen LogP contribution in [0.5, 0.6) is 5.75 Å². The highest BCUT2D eigenvalue weighted by Gasteiger charge is 2.09. The van der Waals surface area contributed by atoms with Gasteiger partial charge in [-0.3, -0.25) is 0 Å². The zero-order chi connectivity index (χ0) is 15.2. The Kier molecular flexibility index (Phi) is 5.48. The summed E-state index contributed by atoms with van der Waals surface area (Å²) in [7, 11) is 3.74. The summed E-state index contributed by atoms with van der Waals surface area (Å²) in [4.78, 5) is 2.19. The molecule has 0 bridgehead atoms. The Morgan fingerprint density at radius 2 is 1.86 bits per heavy atom. The number of anilines is 1. The van der Waals surface area contributed by atoms with E-state index in [0.29, 0.717) is 6.54 Å². The smallest absolute Gasteiger partial charge is 0.118 e. The molecule has 2 rings (SSSR count). The quantitative estimate of drug-likeness (QED) is 0.888. The number of hydrogen-bond donors (Lipinski definition) is 1. The summed E-state index contributed by atoms with van der Waals surface area (Å²) < 4.78 is 5.18. The Morgan fingerprint density at radius 1 is 1.14 bits per heavy atom. The van der Waals surface area contributed by atoms with Gasteiger partial charge >= 0.3 is 0 Å². The summed E-state index contributed by atoms with van der Waals surface area (Å²) in [6, 6.07) is 14.1. The van der Waals surface area contributed by atoms with Crippen molar-refractivity contribution in [3.8, 4) is 5.75 Å². The van der Waals surface area contributed by atoms with E-state index in [4.69, 9.17) is 22.1 Å². The first-order valence-corrected chi connectivity index (χ1v) is 7.34. The van der Waals surface area contributed by atoms with Gasteiger partial charge in [0.25, 0.3) is 0 Å². The fourth-order valence-electron chi connectivity index (χ4n) is 2.35. The highest BCUT2D eigenvalue weighted by Crippen LogP contribution is 2.26. The molecule has 0 radical (unpaired) electrons. The molecule has 0 saturated carbocycles. The van der Waals surface area contributed by atoms with Crippen LogP contribution in [-0.4, -0.2) is 20.7 Å². The highest BCUT2D eigenvalue weighted by molar-refractivity contribution is 6.30. The zero-order valence-corrected chi connectivity index (χ0v) is 13.2. The topological polar surface area (TPSA) is 38.5 Å². The Bertz CT molecular complexity index is 584. The van der Waals surface area contributed by atoms with E-state index in [1.54, 1.807) is 7.11 Å². The van der Waals surface area contributed by atoms with E-state index in [1.807, 2.05) is 24.3 Å². The molecule has 0 aliphatic rings. The summed E-state index contributed by atoms with van der Waals surface area (Å²) in [5.41, 5.74) is 9.25. The van der Waals surface area contributed by atoms with E-state index in [2.05, 4.69) is 30.1 Å². The number of rotatable bonds is 6. The van der Waals surface area contributed by atoms with Crippen LogP contribution in [0.4, 0.5) is 5.69 Å². The first kappa shape index (κ1) is 15.7. The molecule has 0 unspecified atom stereocenters. The summed E-state index contributed by atoms with van der Waals surface area (Å²) >= 11 is 6.13. The minimum Gasteiger partial charge on any atom is -0.497 e. The van der Waals surface area contributed by atoms with Gasteiger partial charge in [-0.05, 0) is 48.4 Å². The molecule has 2 aromatic rings. The van der Waals surface area contributed by atoms with Crippen LogP contribution < -0.4 is 15.4 Å². The number of benzene rings is 2. The van der Waals surface area contributed by atoms with Crippen molar-refractivity contribution >= 4 is 17.3 Å². The molecule has 0 aliphatic heterocycles. The fourth-order valence-corrected chi connectivity index (χ4v) is 2.52. The maximum absolute atomic E-state index is 6.13. The summed E-state index contributed by atoms with van der Waals surface area (Å²) in [5.74, 6) is 0.868. The zero-order valence-electron chi connectivity index (χ0n) is 12.5. The number of ether oxygens (including phenoxy) is 1. The van der Waals surface area contributed by atoms with Gasteiger partial charge in [-0.1, -0.05) is 29.8 Å². The highest BCUT2D eigenvalue weighted by atomic mass is 35.5. The van der Waals surface area contributed by atoms with Gasteiger partial charge in [0.05, 0.1) is 7.11 Å². The summed E-state index contributed by atoms with van der Waals surface area (Å²) in [5, 5.41) is 0.743. The van der Waals surface area contributed by atoms with Gasteiger partial charge in [0.15, 0.2) is 0 Å². The second kappa shape index (κ2) is 7.34. The minimum absolute atomic E-state index is 0.630. The van der Waals surface area contributed by atoms with Crippen molar-refractivity contribution in [2.45, 2.75) is 13.0 Å². The maximum Gasteiger partial charge on any atom is 0.118 e. The standard InChI is InChI=1S/C17H21ClN2O/c1-20(12-13-3-7-16(21-2)8-4-13)17-11-15(18)6-5-14(17)9-10-19/h3-8,11H,9-10,12,19H2,1-2H3. The second-order valence-corrected chi connectivity index (χ2v) is 5.45. The monoisotopic (exact) mass is 304 g/mol. The lowest BCUT2D eigenvalue weighted by atomic mass is 10.1. The Balaban J connectivity index is 2.18. The first-order chi connectivity index (χ1) is 10.1. The van der Waals surface area contributed by atoms with Crippen LogP contribution in [-0.2, 0) is 13.0 Å². The third kappa shape index (κ3) is 4.13. The fraction of sp³-hybridized carbons (Fsp3) is 0.294. The number of methoxy groups -OCH3 is 1. The lowest BCUT2D eigenvalue weighted by Gasteiger charge is -2.23. The van der Waals surface area contributed by atoms with Crippen molar-refractivity contribution in [2.75, 3.05) is 25.6 Å². The van der Waals surface area contributed by atoms with Crippen LogP contribution in [0.3, 0.4) is 0 Å². The largest absolute Gasteiger partial charge is 0.497 e. The third-order valence-corrected chi connectivity index (χ3v) is 3.69. The van der Waals surface area contributed by atoms with Crippen LogP contribution in [0.25, 0.3) is 0 Å². The lowest BCUT2D eigenvalue weighted by Crippen LogP contribution is -2.19. The number of nitrogens with zero attached hydrogens (tertiary/aromatic N) is 1. The van der Waals surface area contributed by atoms with E-state index in [-0.39, 0.29) is 0 Å². The van der Waals surface area contributed by atoms with Crippen molar-refractivity contribution in [3.63, 3.8) is 0 Å². The van der Waals surface area contributed by atoms with Gasteiger partial charge in [-0.25, -0.2) is 0 Å². The van der Waals surface area contributed by atoms with Crippen molar-refractivity contribution < 1.29 is 4.74 Å². The molecule has 0 saturated heterocycles. The molecule has 2 aromatic carbocycles. The molecular formula is C17H21ClN2O. The van der Waals surface area contributed by atoms with Gasteiger partial charge in [-0.2, -0.15) is 0 Å². The van der Waals surface area contributed by atoms with E-state index >= 15 is 0 Å². The van der Waals surface area contributed by atoms with Crippen molar-refractivity contribution in [1.29, 1.82) is 0 Å². The van der Waals surface area contributed by atoms with Crippen molar-refractivity contribution in [1.82, 2.24) is 0 Å². The van der Waals surface area contributed by atoms with Gasteiger partial charge in [0.2, 0.25) is 0 Å². The predicted octanol–water partition coefficient (Wildman–Crippen LogP) is 3.49. The average molecular weight is 305 g/mol. The van der Waals surface area contributed by atoms with E-state index in [9.17, 15) is 0 Å². The van der Waals surface area contributed by atoms with E-state index in [1.165, 1.54) is 11.1 Å². The predicted molar refractivity (Wildman–Crippen MR) is 89.3 cm³/mol. The molecule has 0 spiro atoms. The molecule has 0 aromatic heterocycles. The van der Waals surface area contributed by atoms with Gasteiger partial charge < -0.3 is 15.4 Å². The van der Waals surface area contributed by atoms with Crippen LogP contribution in [0, 0.1) is 0 Å². The van der Waals surface area contributed by atoms with Crippen molar-refractivity contribution in [2.24, 2.45) is 5.73 Å². The Hall–Kier alpha value is -1.71. The van der Waals surface area contributed by atoms with Crippen molar-refractivity contribution in [3.05, 3.63) is 58.6 Å². The van der Waals surface area contributed by atoms with Crippen LogP contribution in [0.15, 0.2) is 42.5 Å². The molecule has 3 nitrogen and oxygen atoms in total. The first-order valence-electron chi connectivity index (χ1n) is 6.96. The molecule has 0 amide bonds. The molecule has 112 valence electrons. The number of hydrogen-bond acceptors (Lipinski definition) is 3. The molecule has 0 fully saturated rings. The van der Waals surface area contributed by atoms with Crippen LogP contribution in [0.2, 0.25) is 5.02 Å². The Labute approximate surface area is 131 Å². The van der Waals surface area contributed by atoms with Crippen LogP contribution in [0.1, 0.15) is 11.1 Å². The molecular weight excluding hydrogens is 284 g/mol. The molecule has 2 N–H and O–H groups in total. The lowest BCUT2D eigenvalue weighted by molar-refractivity contribution is 0.414. The second-order valence-electron chi connectivity index (χ2n) is 5.02. The molecule has 0 aliphatic carbocycles. The van der Waals surface area contributed by atoms with E-state index in [0.717, 1.165) is 29.4 Å². The minimum atomic E-state index is 0.630. The number of halogens is 1. The molecule has 0 atom stereocenters. The van der Waals surface area contributed by atoms with Gasteiger partial charge in [-0.15, -0.1) is 0 Å². The molecule has 21 heavy (non-hydrogen) atoms. The van der Waals surface area contributed by atoms with E-state index < -0.39 is 0 Å². The SMILES string of the molecule is COc1ccc(CN(C)c2cc(Cl)ccc2CCN)cc1. The van der Waals surface area contributed by atoms with Gasteiger partial charge in [0, 0.05) is 24.3 Å². The van der Waals surface area contributed by atoms with Gasteiger partial charge in [0.1, 0.15) is 5.75 Å². The average Bonchev–Trinajstić information content (AvgIpc) is 2.50. The number of nitrogens with two attached hydrogens (primary N) is 1. The summed E-state index contributed by atoms with van der Waals surface area (Å²) in [6.07, 6.45) is 0.847.